The smallest absolute Gasteiger partial charge is 0.305 e. The standard InChI is InChI=1S/C13H13NO7/c1-5(15)19-12(20-6(2)16)13-4-3-7(21-13)8-9(13)11(18)14-10(8)17/h3-4,7-9,12H,1-2H3,(H,14,17,18)/t7-,8+,9+,13+/m0/s1. The molecular weight excluding hydrogens is 282 g/mol. The molecule has 4 atom stereocenters. The number of rotatable bonds is 3. The SMILES string of the molecule is CC(=O)OC(OC(C)=O)[C@]12C=C[C@H](O1)[C@H]1C(=O)NC(=O)[C@@H]12. The lowest BCUT2D eigenvalue weighted by molar-refractivity contribution is -0.226. The zero-order valence-electron chi connectivity index (χ0n) is 11.3. The van der Waals surface area contributed by atoms with Crippen LogP contribution in [-0.4, -0.2) is 41.7 Å². The summed E-state index contributed by atoms with van der Waals surface area (Å²) in [6, 6.07) is 0. The third kappa shape index (κ3) is 1.86. The summed E-state index contributed by atoms with van der Waals surface area (Å²) >= 11 is 0. The molecule has 3 aliphatic rings. The van der Waals surface area contributed by atoms with Gasteiger partial charge in [-0.1, -0.05) is 6.08 Å². The maximum absolute atomic E-state index is 12.0. The normalized spacial score (nSPS) is 35.9. The summed E-state index contributed by atoms with van der Waals surface area (Å²) in [5.41, 5.74) is -1.46. The van der Waals surface area contributed by atoms with Crippen LogP contribution in [0.25, 0.3) is 0 Å². The molecule has 8 nitrogen and oxygen atoms in total. The number of esters is 2. The molecule has 2 bridgehead atoms. The molecule has 1 N–H and O–H groups in total. The molecule has 0 radical (unpaired) electrons. The topological polar surface area (TPSA) is 108 Å². The Bertz CT molecular complexity index is 567. The number of fused-ring (bicyclic) bond motifs is 5. The summed E-state index contributed by atoms with van der Waals surface area (Å²) in [6.45, 7) is 2.30. The Balaban J connectivity index is 1.99. The number of amides is 2. The lowest BCUT2D eigenvalue weighted by Gasteiger charge is -2.34. The van der Waals surface area contributed by atoms with Crippen molar-refractivity contribution in [2.45, 2.75) is 31.8 Å². The van der Waals surface area contributed by atoms with E-state index in [0.717, 1.165) is 13.8 Å². The molecule has 112 valence electrons. The van der Waals surface area contributed by atoms with Crippen molar-refractivity contribution >= 4 is 23.8 Å². The van der Waals surface area contributed by atoms with E-state index < -0.39 is 53.6 Å². The van der Waals surface area contributed by atoms with Gasteiger partial charge in [-0.25, -0.2) is 0 Å². The van der Waals surface area contributed by atoms with Crippen LogP contribution in [0.5, 0.6) is 0 Å². The first-order chi connectivity index (χ1) is 9.85. The van der Waals surface area contributed by atoms with E-state index in [2.05, 4.69) is 5.32 Å². The van der Waals surface area contributed by atoms with Gasteiger partial charge < -0.3 is 14.2 Å². The maximum Gasteiger partial charge on any atom is 0.305 e. The Hall–Kier alpha value is -2.22. The van der Waals surface area contributed by atoms with Crippen LogP contribution in [0, 0.1) is 11.8 Å². The molecule has 0 aromatic carbocycles. The number of hydrogen-bond acceptors (Lipinski definition) is 7. The second-order valence-corrected chi connectivity index (χ2v) is 5.20. The van der Waals surface area contributed by atoms with Crippen molar-refractivity contribution < 1.29 is 33.4 Å². The van der Waals surface area contributed by atoms with Gasteiger partial charge in [0.25, 0.3) is 6.29 Å². The Labute approximate surface area is 119 Å². The second kappa shape index (κ2) is 4.39. The molecule has 3 heterocycles. The van der Waals surface area contributed by atoms with E-state index in [1.54, 1.807) is 6.08 Å². The highest BCUT2D eigenvalue weighted by Gasteiger charge is 2.70. The summed E-state index contributed by atoms with van der Waals surface area (Å²) in [6.07, 6.45) is 1.11. The van der Waals surface area contributed by atoms with E-state index in [1.807, 2.05) is 0 Å². The quantitative estimate of drug-likeness (QED) is 0.309. The Morgan fingerprint density at radius 1 is 1.24 bits per heavy atom. The maximum atomic E-state index is 12.0. The highest BCUT2D eigenvalue weighted by molar-refractivity contribution is 6.07. The molecule has 0 saturated carbocycles. The summed E-state index contributed by atoms with van der Waals surface area (Å²) < 4.78 is 15.7. The van der Waals surface area contributed by atoms with Gasteiger partial charge in [-0.05, 0) is 6.08 Å². The number of ether oxygens (including phenoxy) is 3. The van der Waals surface area contributed by atoms with E-state index in [-0.39, 0.29) is 0 Å². The van der Waals surface area contributed by atoms with Crippen LogP contribution in [0.1, 0.15) is 13.8 Å². The molecule has 3 aliphatic heterocycles. The van der Waals surface area contributed by atoms with Gasteiger partial charge in [0, 0.05) is 13.8 Å². The minimum absolute atomic E-state index is 0.439. The number of carbonyl (C=O) groups is 4. The molecular formula is C13H13NO7. The van der Waals surface area contributed by atoms with Gasteiger partial charge in [0.2, 0.25) is 11.8 Å². The van der Waals surface area contributed by atoms with Crippen molar-refractivity contribution in [1.29, 1.82) is 0 Å². The summed E-state index contributed by atoms with van der Waals surface area (Å²) in [5, 5.41) is 2.23. The van der Waals surface area contributed by atoms with Gasteiger partial charge in [0.15, 0.2) is 5.60 Å². The van der Waals surface area contributed by atoms with E-state index >= 15 is 0 Å². The first-order valence-corrected chi connectivity index (χ1v) is 6.41. The Morgan fingerprint density at radius 3 is 2.43 bits per heavy atom. The van der Waals surface area contributed by atoms with Gasteiger partial charge in [-0.2, -0.15) is 0 Å². The zero-order chi connectivity index (χ0) is 15.4. The third-order valence-electron chi connectivity index (χ3n) is 3.83. The van der Waals surface area contributed by atoms with Crippen LogP contribution in [0.4, 0.5) is 0 Å². The average molecular weight is 295 g/mol. The predicted molar refractivity (Wildman–Crippen MR) is 64.2 cm³/mol. The number of carbonyl (C=O) groups excluding carboxylic acids is 4. The molecule has 0 spiro atoms. The molecule has 8 heteroatoms. The monoisotopic (exact) mass is 295 g/mol. The van der Waals surface area contributed by atoms with Crippen molar-refractivity contribution in [3.8, 4) is 0 Å². The number of nitrogens with one attached hydrogen (secondary N) is 1. The molecule has 21 heavy (non-hydrogen) atoms. The molecule has 0 unspecified atom stereocenters. The summed E-state index contributed by atoms with van der Waals surface area (Å²) in [7, 11) is 0. The highest BCUT2D eigenvalue weighted by atomic mass is 16.7. The molecule has 0 aliphatic carbocycles. The molecule has 0 aromatic rings. The predicted octanol–water partition coefficient (Wildman–Crippen LogP) is -0.965. The minimum Gasteiger partial charge on any atom is -0.422 e. The zero-order valence-corrected chi connectivity index (χ0v) is 11.3. The van der Waals surface area contributed by atoms with Gasteiger partial charge in [0.05, 0.1) is 17.9 Å². The lowest BCUT2D eigenvalue weighted by atomic mass is 9.76. The molecule has 2 saturated heterocycles. The second-order valence-electron chi connectivity index (χ2n) is 5.20. The van der Waals surface area contributed by atoms with Crippen molar-refractivity contribution in [2.24, 2.45) is 11.8 Å². The fraction of sp³-hybridized carbons (Fsp3) is 0.538. The Kier molecular flexibility index (Phi) is 2.87. The van der Waals surface area contributed by atoms with Crippen LogP contribution >= 0.6 is 0 Å². The van der Waals surface area contributed by atoms with Crippen LogP contribution in [-0.2, 0) is 33.4 Å². The molecule has 3 rings (SSSR count). The van der Waals surface area contributed by atoms with Gasteiger partial charge in [0.1, 0.15) is 0 Å². The lowest BCUT2D eigenvalue weighted by Crippen LogP contribution is -2.52. The van der Waals surface area contributed by atoms with Crippen molar-refractivity contribution in [2.75, 3.05) is 0 Å². The molecule has 2 amide bonds. The minimum atomic E-state index is -1.46. The van der Waals surface area contributed by atoms with Crippen molar-refractivity contribution in [3.05, 3.63) is 12.2 Å². The van der Waals surface area contributed by atoms with Crippen LogP contribution in [0.15, 0.2) is 12.2 Å². The third-order valence-corrected chi connectivity index (χ3v) is 3.83. The van der Waals surface area contributed by atoms with Crippen molar-refractivity contribution in [3.63, 3.8) is 0 Å². The summed E-state index contributed by atoms with van der Waals surface area (Å²) in [4.78, 5) is 46.3. The molecule has 2 fully saturated rings. The number of hydrogen-bond donors (Lipinski definition) is 1. The van der Waals surface area contributed by atoms with Crippen LogP contribution in [0.2, 0.25) is 0 Å². The van der Waals surface area contributed by atoms with Gasteiger partial charge >= 0.3 is 11.9 Å². The van der Waals surface area contributed by atoms with E-state index in [9.17, 15) is 19.2 Å². The fourth-order valence-corrected chi connectivity index (χ4v) is 3.14. The highest BCUT2D eigenvalue weighted by Crippen LogP contribution is 2.52. The van der Waals surface area contributed by atoms with Crippen LogP contribution in [0.3, 0.4) is 0 Å². The van der Waals surface area contributed by atoms with Gasteiger partial charge in [-0.3, -0.25) is 24.5 Å². The Morgan fingerprint density at radius 2 is 1.86 bits per heavy atom. The molecule has 0 aromatic heterocycles. The van der Waals surface area contributed by atoms with Crippen LogP contribution < -0.4 is 5.32 Å². The first kappa shape index (κ1) is 13.7. The summed E-state index contributed by atoms with van der Waals surface area (Å²) in [5.74, 6) is -3.93. The van der Waals surface area contributed by atoms with E-state index in [1.165, 1.54) is 6.08 Å². The van der Waals surface area contributed by atoms with Gasteiger partial charge in [-0.15, -0.1) is 0 Å². The van der Waals surface area contributed by atoms with E-state index in [4.69, 9.17) is 14.2 Å². The fourth-order valence-electron chi connectivity index (χ4n) is 3.14. The average Bonchev–Trinajstić information content (AvgIpc) is 3.00. The largest absolute Gasteiger partial charge is 0.422 e. The van der Waals surface area contributed by atoms with Crippen molar-refractivity contribution in [1.82, 2.24) is 5.32 Å². The van der Waals surface area contributed by atoms with E-state index in [0.29, 0.717) is 0 Å². The number of imide groups is 1. The first-order valence-electron chi connectivity index (χ1n) is 6.41.